The Labute approximate surface area is 84.9 Å². The highest BCUT2D eigenvalue weighted by atomic mass is 15.1. The average molecular weight is 191 g/mol. The maximum atomic E-state index is 6.04. The summed E-state index contributed by atoms with van der Waals surface area (Å²) in [7, 11) is 3.99. The summed E-state index contributed by atoms with van der Waals surface area (Å²) < 4.78 is 0. The van der Waals surface area contributed by atoms with E-state index in [2.05, 4.69) is 11.1 Å². The van der Waals surface area contributed by atoms with E-state index in [-0.39, 0.29) is 5.54 Å². The molecule has 0 bridgehead atoms. The van der Waals surface area contributed by atoms with E-state index in [1.807, 2.05) is 31.3 Å². The van der Waals surface area contributed by atoms with Gasteiger partial charge in [-0.3, -0.25) is 0 Å². The molecule has 0 amide bonds. The van der Waals surface area contributed by atoms with Crippen LogP contribution in [0.25, 0.3) is 0 Å². The molecule has 0 unspecified atom stereocenters. The number of nitrogens with two attached hydrogens (primary N) is 1. The predicted octanol–water partition coefficient (Wildman–Crippen LogP) is 1.18. The number of hydrogen-bond donors (Lipinski definition) is 1. The minimum absolute atomic E-state index is 0.0846. The monoisotopic (exact) mass is 191 g/mol. The van der Waals surface area contributed by atoms with Crippen molar-refractivity contribution < 1.29 is 0 Å². The number of anilines is 1. The normalized spacial score (nSPS) is 17.9. The molecule has 1 aliphatic rings. The summed E-state index contributed by atoms with van der Waals surface area (Å²) in [6, 6.07) is 4.16. The fourth-order valence-electron chi connectivity index (χ4n) is 1.53. The van der Waals surface area contributed by atoms with Crippen molar-refractivity contribution in [2.45, 2.75) is 24.8 Å². The average Bonchev–Trinajstić information content (AvgIpc) is 2.84. The molecule has 1 aromatic heterocycles. The molecule has 1 fully saturated rings. The molecule has 2 N–H and O–H groups in total. The molecule has 76 valence electrons. The maximum absolute atomic E-state index is 6.04. The van der Waals surface area contributed by atoms with E-state index < -0.39 is 0 Å². The fraction of sp³-hybridized carbons (Fsp3) is 0.545. The second kappa shape index (κ2) is 3.24. The number of pyridine rings is 1. The lowest BCUT2D eigenvalue weighted by atomic mass is 10.1. The Morgan fingerprint density at radius 3 is 2.57 bits per heavy atom. The fourth-order valence-corrected chi connectivity index (χ4v) is 1.53. The van der Waals surface area contributed by atoms with Gasteiger partial charge in [-0.15, -0.1) is 0 Å². The van der Waals surface area contributed by atoms with Gasteiger partial charge in [-0.1, -0.05) is 6.07 Å². The van der Waals surface area contributed by atoms with Gasteiger partial charge >= 0.3 is 0 Å². The van der Waals surface area contributed by atoms with Crippen LogP contribution >= 0.6 is 0 Å². The van der Waals surface area contributed by atoms with Crippen molar-refractivity contribution >= 4 is 5.82 Å². The van der Waals surface area contributed by atoms with Gasteiger partial charge < -0.3 is 10.6 Å². The van der Waals surface area contributed by atoms with Crippen LogP contribution in [0.3, 0.4) is 0 Å². The molecule has 1 heterocycles. The Kier molecular flexibility index (Phi) is 2.19. The Balaban J connectivity index is 2.06. The van der Waals surface area contributed by atoms with Crippen molar-refractivity contribution in [1.82, 2.24) is 4.98 Å². The second-order valence-electron chi connectivity index (χ2n) is 4.46. The third kappa shape index (κ3) is 2.04. The van der Waals surface area contributed by atoms with E-state index >= 15 is 0 Å². The van der Waals surface area contributed by atoms with Crippen molar-refractivity contribution in [2.24, 2.45) is 5.73 Å². The van der Waals surface area contributed by atoms with E-state index in [9.17, 15) is 0 Å². The lowest BCUT2D eigenvalue weighted by molar-refractivity contribution is 0.670. The highest BCUT2D eigenvalue weighted by Gasteiger charge is 2.37. The zero-order valence-corrected chi connectivity index (χ0v) is 8.83. The van der Waals surface area contributed by atoms with Crippen LogP contribution in [0.4, 0.5) is 5.82 Å². The minimum Gasteiger partial charge on any atom is -0.363 e. The van der Waals surface area contributed by atoms with Crippen LogP contribution in [-0.4, -0.2) is 24.6 Å². The predicted molar refractivity (Wildman–Crippen MR) is 58.4 cm³/mol. The van der Waals surface area contributed by atoms with Gasteiger partial charge in [0, 0.05) is 25.8 Å². The molecular formula is C11H17N3. The number of aromatic nitrogens is 1. The zero-order valence-electron chi connectivity index (χ0n) is 8.83. The van der Waals surface area contributed by atoms with Crippen LogP contribution in [0.5, 0.6) is 0 Å². The largest absolute Gasteiger partial charge is 0.363 e. The molecular weight excluding hydrogens is 174 g/mol. The summed E-state index contributed by atoms with van der Waals surface area (Å²) in [5.74, 6) is 0.996. The van der Waals surface area contributed by atoms with Gasteiger partial charge in [0.05, 0.1) is 0 Å². The first-order valence-electron chi connectivity index (χ1n) is 5.00. The first kappa shape index (κ1) is 9.46. The molecule has 1 saturated carbocycles. The van der Waals surface area contributed by atoms with Crippen LogP contribution in [-0.2, 0) is 6.42 Å². The summed E-state index contributed by atoms with van der Waals surface area (Å²) in [5.41, 5.74) is 7.37. The van der Waals surface area contributed by atoms with Crippen LogP contribution in [0, 0.1) is 0 Å². The molecule has 0 atom stereocenters. The van der Waals surface area contributed by atoms with Crippen molar-refractivity contribution in [3.05, 3.63) is 23.9 Å². The van der Waals surface area contributed by atoms with Gasteiger partial charge in [0.2, 0.25) is 0 Å². The van der Waals surface area contributed by atoms with Crippen LogP contribution in [0.15, 0.2) is 18.3 Å². The SMILES string of the molecule is CN(C)c1ccc(CC2(N)CC2)cn1. The smallest absolute Gasteiger partial charge is 0.127 e. The third-order valence-electron chi connectivity index (χ3n) is 2.72. The highest BCUT2D eigenvalue weighted by Crippen LogP contribution is 2.35. The van der Waals surface area contributed by atoms with Gasteiger partial charge in [0.1, 0.15) is 5.82 Å². The summed E-state index contributed by atoms with van der Waals surface area (Å²) in [6.45, 7) is 0. The molecule has 0 aliphatic heterocycles. The Bertz CT molecular complexity index is 312. The molecule has 3 heteroatoms. The maximum Gasteiger partial charge on any atom is 0.127 e. The van der Waals surface area contributed by atoms with E-state index in [0.29, 0.717) is 0 Å². The lowest BCUT2D eigenvalue weighted by Gasteiger charge is -2.12. The second-order valence-corrected chi connectivity index (χ2v) is 4.46. The Morgan fingerprint density at radius 1 is 1.43 bits per heavy atom. The van der Waals surface area contributed by atoms with Gasteiger partial charge in [0.15, 0.2) is 0 Å². The van der Waals surface area contributed by atoms with E-state index in [1.54, 1.807) is 0 Å². The van der Waals surface area contributed by atoms with Crippen molar-refractivity contribution in [2.75, 3.05) is 19.0 Å². The quantitative estimate of drug-likeness (QED) is 0.780. The molecule has 14 heavy (non-hydrogen) atoms. The molecule has 1 aromatic rings. The van der Waals surface area contributed by atoms with Gasteiger partial charge in [-0.2, -0.15) is 0 Å². The van der Waals surface area contributed by atoms with E-state index in [4.69, 9.17) is 5.73 Å². The van der Waals surface area contributed by atoms with Crippen LogP contribution in [0.1, 0.15) is 18.4 Å². The molecule has 2 rings (SSSR count). The van der Waals surface area contributed by atoms with Crippen molar-refractivity contribution in [3.8, 4) is 0 Å². The van der Waals surface area contributed by atoms with Gasteiger partial charge in [-0.25, -0.2) is 4.98 Å². The highest BCUT2D eigenvalue weighted by molar-refractivity contribution is 5.37. The summed E-state index contributed by atoms with van der Waals surface area (Å²) >= 11 is 0. The summed E-state index contributed by atoms with van der Waals surface area (Å²) in [4.78, 5) is 6.36. The van der Waals surface area contributed by atoms with Crippen molar-refractivity contribution in [1.29, 1.82) is 0 Å². The molecule has 0 spiro atoms. The standard InChI is InChI=1S/C11H17N3/c1-14(2)10-4-3-9(8-13-10)7-11(12)5-6-11/h3-4,8H,5-7,12H2,1-2H3. The third-order valence-corrected chi connectivity index (χ3v) is 2.72. The van der Waals surface area contributed by atoms with E-state index in [0.717, 1.165) is 25.1 Å². The molecule has 1 aliphatic carbocycles. The zero-order chi connectivity index (χ0) is 10.2. The number of rotatable bonds is 3. The minimum atomic E-state index is 0.0846. The topological polar surface area (TPSA) is 42.1 Å². The molecule has 0 saturated heterocycles. The summed E-state index contributed by atoms with van der Waals surface area (Å²) in [6.07, 6.45) is 5.21. The number of hydrogen-bond acceptors (Lipinski definition) is 3. The van der Waals surface area contributed by atoms with Crippen molar-refractivity contribution in [3.63, 3.8) is 0 Å². The number of nitrogens with zero attached hydrogens (tertiary/aromatic N) is 2. The first-order chi connectivity index (χ1) is 6.59. The van der Waals surface area contributed by atoms with Crippen LogP contribution < -0.4 is 10.6 Å². The molecule has 3 nitrogen and oxygen atoms in total. The Hall–Kier alpha value is -1.09. The van der Waals surface area contributed by atoms with Crippen LogP contribution in [0.2, 0.25) is 0 Å². The molecule has 0 aromatic carbocycles. The Morgan fingerprint density at radius 2 is 2.14 bits per heavy atom. The van der Waals surface area contributed by atoms with Gasteiger partial charge in [0.25, 0.3) is 0 Å². The molecule has 0 radical (unpaired) electrons. The lowest BCUT2D eigenvalue weighted by Crippen LogP contribution is -2.24. The summed E-state index contributed by atoms with van der Waals surface area (Å²) in [5, 5.41) is 0. The van der Waals surface area contributed by atoms with E-state index in [1.165, 1.54) is 5.56 Å². The first-order valence-corrected chi connectivity index (χ1v) is 5.00. The van der Waals surface area contributed by atoms with Gasteiger partial charge in [-0.05, 0) is 30.9 Å².